The molecule has 1 aliphatic rings. The van der Waals surface area contributed by atoms with E-state index in [9.17, 15) is 9.18 Å². The summed E-state index contributed by atoms with van der Waals surface area (Å²) in [7, 11) is 0. The lowest BCUT2D eigenvalue weighted by atomic mass is 10.2. The summed E-state index contributed by atoms with van der Waals surface area (Å²) in [5.41, 5.74) is 0.852. The number of nitrogens with zero attached hydrogens (tertiary/aromatic N) is 2. The highest BCUT2D eigenvalue weighted by atomic mass is 32.1. The summed E-state index contributed by atoms with van der Waals surface area (Å²) >= 11 is 1.47. The summed E-state index contributed by atoms with van der Waals surface area (Å²) < 4.78 is 31.2. The number of rotatable bonds is 7. The van der Waals surface area contributed by atoms with Crippen LogP contribution in [0.5, 0.6) is 5.75 Å². The Balaban J connectivity index is 1.35. The zero-order valence-electron chi connectivity index (χ0n) is 17.2. The van der Waals surface area contributed by atoms with E-state index in [0.29, 0.717) is 29.8 Å². The molecule has 2 aromatic heterocycles. The summed E-state index contributed by atoms with van der Waals surface area (Å²) in [4.78, 5) is 19.7. The number of halogens is 1. The smallest absolute Gasteiger partial charge is 0.295 e. The number of ether oxygens (including phenoxy) is 2. The lowest BCUT2D eigenvalue weighted by Gasteiger charge is -2.22. The van der Waals surface area contributed by atoms with Gasteiger partial charge in [0.2, 0.25) is 0 Å². The number of anilines is 1. The first-order valence-electron chi connectivity index (χ1n) is 10.4. The van der Waals surface area contributed by atoms with Crippen molar-refractivity contribution in [3.63, 3.8) is 0 Å². The predicted molar refractivity (Wildman–Crippen MR) is 120 cm³/mol. The minimum absolute atomic E-state index is 0.0257. The van der Waals surface area contributed by atoms with Crippen molar-refractivity contribution in [1.29, 1.82) is 0 Å². The quantitative estimate of drug-likeness (QED) is 0.374. The van der Waals surface area contributed by atoms with Gasteiger partial charge in [0.1, 0.15) is 23.9 Å². The van der Waals surface area contributed by atoms with Gasteiger partial charge in [-0.25, -0.2) is 9.37 Å². The molecule has 0 aliphatic carbocycles. The SMILES string of the molecule is O=C(c1ccc(COc2ccc(F)cc2)o1)N(CC1CCCO1)c1nc2ccccc2s1. The average molecular weight is 453 g/mol. The number of aromatic nitrogens is 1. The molecule has 0 spiro atoms. The van der Waals surface area contributed by atoms with Gasteiger partial charge in [0, 0.05) is 6.61 Å². The van der Waals surface area contributed by atoms with E-state index in [1.165, 1.54) is 23.5 Å². The number of furan rings is 1. The number of hydrogen-bond acceptors (Lipinski definition) is 6. The molecule has 8 heteroatoms. The Morgan fingerprint density at radius 2 is 2.00 bits per heavy atom. The molecule has 2 aromatic carbocycles. The maximum Gasteiger partial charge on any atom is 0.295 e. The van der Waals surface area contributed by atoms with E-state index in [-0.39, 0.29) is 30.2 Å². The fourth-order valence-corrected chi connectivity index (χ4v) is 4.58. The number of para-hydroxylation sites is 1. The zero-order chi connectivity index (χ0) is 21.9. The van der Waals surface area contributed by atoms with Crippen LogP contribution >= 0.6 is 11.3 Å². The van der Waals surface area contributed by atoms with Crippen molar-refractivity contribution in [2.75, 3.05) is 18.1 Å². The van der Waals surface area contributed by atoms with Crippen molar-refractivity contribution in [3.05, 3.63) is 78.0 Å². The average Bonchev–Trinajstić information content (AvgIpc) is 3.57. The summed E-state index contributed by atoms with van der Waals surface area (Å²) in [5.74, 6) is 0.626. The van der Waals surface area contributed by atoms with Crippen molar-refractivity contribution in [2.24, 2.45) is 0 Å². The first kappa shape index (κ1) is 20.7. The van der Waals surface area contributed by atoms with Crippen molar-refractivity contribution in [2.45, 2.75) is 25.6 Å². The second-order valence-electron chi connectivity index (χ2n) is 7.52. The predicted octanol–water partition coefficient (Wildman–Crippen LogP) is 5.43. The van der Waals surface area contributed by atoms with Gasteiger partial charge in [-0.05, 0) is 61.4 Å². The van der Waals surface area contributed by atoms with Crippen LogP contribution in [0.1, 0.15) is 29.2 Å². The van der Waals surface area contributed by atoms with Gasteiger partial charge in [-0.3, -0.25) is 9.69 Å². The van der Waals surface area contributed by atoms with Crippen LogP contribution in [0.4, 0.5) is 9.52 Å². The van der Waals surface area contributed by atoms with E-state index in [0.717, 1.165) is 23.1 Å². The Morgan fingerprint density at radius 3 is 2.78 bits per heavy atom. The Hall–Kier alpha value is -3.23. The number of amides is 1. The molecular formula is C24H21FN2O4S. The molecule has 1 saturated heterocycles. The third kappa shape index (κ3) is 4.51. The molecule has 1 fully saturated rings. The molecule has 0 radical (unpaired) electrons. The molecule has 1 amide bonds. The second kappa shape index (κ2) is 9.10. The van der Waals surface area contributed by atoms with E-state index in [4.69, 9.17) is 13.9 Å². The maximum absolute atomic E-state index is 13.4. The Morgan fingerprint density at radius 1 is 1.16 bits per heavy atom. The molecule has 164 valence electrons. The third-order valence-corrected chi connectivity index (χ3v) is 6.30. The van der Waals surface area contributed by atoms with Crippen LogP contribution in [-0.4, -0.2) is 30.1 Å². The minimum atomic E-state index is -0.329. The van der Waals surface area contributed by atoms with Crippen molar-refractivity contribution >= 4 is 32.6 Å². The number of fused-ring (bicyclic) bond motifs is 1. The normalized spacial score (nSPS) is 15.8. The molecule has 32 heavy (non-hydrogen) atoms. The van der Waals surface area contributed by atoms with Gasteiger partial charge in [-0.15, -0.1) is 0 Å². The monoisotopic (exact) mass is 452 g/mol. The lowest BCUT2D eigenvalue weighted by molar-refractivity contribution is 0.0891. The van der Waals surface area contributed by atoms with E-state index in [1.807, 2.05) is 24.3 Å². The van der Waals surface area contributed by atoms with Crippen LogP contribution < -0.4 is 9.64 Å². The highest BCUT2D eigenvalue weighted by molar-refractivity contribution is 7.22. The molecule has 3 heterocycles. The zero-order valence-corrected chi connectivity index (χ0v) is 18.0. The molecule has 1 aliphatic heterocycles. The lowest BCUT2D eigenvalue weighted by Crippen LogP contribution is -2.37. The first-order chi connectivity index (χ1) is 15.7. The topological polar surface area (TPSA) is 64.8 Å². The fourth-order valence-electron chi connectivity index (χ4n) is 3.60. The first-order valence-corrected chi connectivity index (χ1v) is 11.2. The van der Waals surface area contributed by atoms with Gasteiger partial charge in [-0.1, -0.05) is 23.5 Å². The molecule has 1 atom stereocenters. The maximum atomic E-state index is 13.4. The highest BCUT2D eigenvalue weighted by Crippen LogP contribution is 2.31. The Labute approximate surface area is 188 Å². The van der Waals surface area contributed by atoms with E-state index >= 15 is 0 Å². The van der Waals surface area contributed by atoms with Gasteiger partial charge < -0.3 is 13.9 Å². The van der Waals surface area contributed by atoms with Gasteiger partial charge in [0.25, 0.3) is 5.91 Å². The number of benzene rings is 2. The Kier molecular flexibility index (Phi) is 5.87. The van der Waals surface area contributed by atoms with Crippen LogP contribution in [-0.2, 0) is 11.3 Å². The van der Waals surface area contributed by atoms with Gasteiger partial charge in [-0.2, -0.15) is 0 Å². The number of hydrogen-bond donors (Lipinski definition) is 0. The van der Waals surface area contributed by atoms with E-state index < -0.39 is 0 Å². The summed E-state index contributed by atoms with van der Waals surface area (Å²) in [6, 6.07) is 16.9. The van der Waals surface area contributed by atoms with Crippen molar-refractivity contribution in [1.82, 2.24) is 4.98 Å². The summed E-state index contributed by atoms with van der Waals surface area (Å²) in [5, 5.41) is 0.618. The number of carbonyl (C=O) groups excluding carboxylic acids is 1. The third-order valence-electron chi connectivity index (χ3n) is 5.24. The van der Waals surface area contributed by atoms with Crippen LogP contribution in [0.25, 0.3) is 10.2 Å². The van der Waals surface area contributed by atoms with Crippen LogP contribution in [0.2, 0.25) is 0 Å². The molecule has 5 rings (SSSR count). The molecule has 0 bridgehead atoms. The van der Waals surface area contributed by atoms with Crippen molar-refractivity contribution in [3.8, 4) is 5.75 Å². The van der Waals surface area contributed by atoms with Gasteiger partial charge >= 0.3 is 0 Å². The minimum Gasteiger partial charge on any atom is -0.486 e. The summed E-state index contributed by atoms with van der Waals surface area (Å²) in [6.07, 6.45) is 1.86. The second-order valence-corrected chi connectivity index (χ2v) is 8.53. The molecule has 1 unspecified atom stereocenters. The number of thiazole rings is 1. The molecular weight excluding hydrogens is 431 g/mol. The molecule has 4 aromatic rings. The number of carbonyl (C=O) groups is 1. The largest absolute Gasteiger partial charge is 0.486 e. The van der Waals surface area contributed by atoms with Gasteiger partial charge in [0.05, 0.1) is 22.9 Å². The standard InChI is InChI=1S/C24H21FN2O4S/c25-16-7-9-17(10-8-16)30-15-19-11-12-21(31-19)23(28)27(14-18-4-3-13-29-18)24-26-20-5-1-2-6-22(20)32-24/h1-2,5-12,18H,3-4,13-15H2. The van der Waals surface area contributed by atoms with Crippen LogP contribution in [0.3, 0.4) is 0 Å². The van der Waals surface area contributed by atoms with E-state index in [2.05, 4.69) is 4.98 Å². The van der Waals surface area contributed by atoms with E-state index in [1.54, 1.807) is 29.2 Å². The highest BCUT2D eigenvalue weighted by Gasteiger charge is 2.28. The van der Waals surface area contributed by atoms with Crippen LogP contribution in [0, 0.1) is 5.82 Å². The fraction of sp³-hybridized carbons (Fsp3) is 0.250. The van der Waals surface area contributed by atoms with Crippen LogP contribution in [0.15, 0.2) is 65.1 Å². The molecule has 0 N–H and O–H groups in total. The van der Waals surface area contributed by atoms with Crippen molar-refractivity contribution < 1.29 is 23.1 Å². The Bertz CT molecular complexity index is 1180. The summed E-state index contributed by atoms with van der Waals surface area (Å²) in [6.45, 7) is 1.25. The van der Waals surface area contributed by atoms with Gasteiger partial charge in [0.15, 0.2) is 10.9 Å². The molecule has 6 nitrogen and oxygen atoms in total. The molecule has 0 saturated carbocycles.